The molecule has 0 N–H and O–H groups in total. The van der Waals surface area contributed by atoms with Crippen LogP contribution < -0.4 is 0 Å². The van der Waals surface area contributed by atoms with Crippen LogP contribution >= 0.6 is 0 Å². The molecule has 0 heterocycles. The standard InChI is InChI=1S/C8H17.C3H7O.2CH3.Sn/c1-3-5-7-8-6-4-2;1-2-3-4;;;/h1,3-8H2,2H3;2-3H2,1H3;2*1H3;/q;-1;;;+1. The van der Waals surface area contributed by atoms with Crippen LogP contribution in [0.5, 0.6) is 0 Å². The number of hydrogen-bond acceptors (Lipinski definition) is 1. The van der Waals surface area contributed by atoms with Gasteiger partial charge in [-0.3, -0.25) is 0 Å². The van der Waals surface area contributed by atoms with Gasteiger partial charge in [-0.15, -0.1) is 0 Å². The normalized spacial score (nSPS) is 12.0. The van der Waals surface area contributed by atoms with Gasteiger partial charge >= 0.3 is 102 Å². The van der Waals surface area contributed by atoms with Crippen molar-refractivity contribution in [1.82, 2.24) is 0 Å². The van der Waals surface area contributed by atoms with Crippen LogP contribution in [0, 0.1) is 0 Å². The number of hydrogen-bond donors (Lipinski definition) is 0. The Labute approximate surface area is 101 Å². The van der Waals surface area contributed by atoms with Crippen LogP contribution in [0.3, 0.4) is 0 Å². The van der Waals surface area contributed by atoms with Crippen LogP contribution in [0.1, 0.15) is 58.8 Å². The fourth-order valence-electron chi connectivity index (χ4n) is 1.78. The van der Waals surface area contributed by atoms with E-state index in [1.54, 1.807) is 0 Å². The molecule has 0 aliphatic carbocycles. The molecule has 0 aliphatic rings. The van der Waals surface area contributed by atoms with Crippen molar-refractivity contribution < 1.29 is 3.07 Å². The average Bonchev–Trinajstić information content (AvgIpc) is 2.20. The number of unbranched alkanes of at least 4 members (excludes halogenated alkanes) is 5. The Morgan fingerprint density at radius 3 is 2.00 bits per heavy atom. The molecule has 0 aromatic carbocycles. The monoisotopic (exact) mass is 322 g/mol. The summed E-state index contributed by atoms with van der Waals surface area (Å²) in [4.78, 5) is 4.85. The molecule has 1 nitrogen and oxygen atoms in total. The molecule has 0 aliphatic heterocycles. The minimum atomic E-state index is -2.00. The van der Waals surface area contributed by atoms with Crippen molar-refractivity contribution in [2.45, 2.75) is 73.1 Å². The van der Waals surface area contributed by atoms with Gasteiger partial charge in [0.1, 0.15) is 0 Å². The summed E-state index contributed by atoms with van der Waals surface area (Å²) in [6.45, 7) is 5.48. The van der Waals surface area contributed by atoms with E-state index in [0.29, 0.717) is 0 Å². The molecule has 0 amide bonds. The first-order chi connectivity index (χ1) is 7.12. The van der Waals surface area contributed by atoms with E-state index in [-0.39, 0.29) is 0 Å². The molecule has 0 rings (SSSR count). The Hall–Kier alpha value is 0.759. The summed E-state index contributed by atoms with van der Waals surface area (Å²) in [6, 6.07) is 0. The van der Waals surface area contributed by atoms with Crippen molar-refractivity contribution in [2.75, 3.05) is 6.61 Å². The second kappa shape index (κ2) is 9.95. The zero-order chi connectivity index (χ0) is 11.6. The first-order valence-corrected chi connectivity index (χ1v) is 15.7. The second-order valence-electron chi connectivity index (χ2n) is 5.13. The summed E-state index contributed by atoms with van der Waals surface area (Å²) < 4.78 is 7.43. The van der Waals surface area contributed by atoms with Gasteiger partial charge in [-0.1, -0.05) is 0 Å². The molecule has 2 heteroatoms. The summed E-state index contributed by atoms with van der Waals surface area (Å²) >= 11 is -2.00. The van der Waals surface area contributed by atoms with Crippen molar-refractivity contribution in [3.05, 3.63) is 0 Å². The third-order valence-corrected chi connectivity index (χ3v) is 10.1. The van der Waals surface area contributed by atoms with Crippen molar-refractivity contribution in [2.24, 2.45) is 0 Å². The molecule has 92 valence electrons. The predicted molar refractivity (Wildman–Crippen MR) is 71.9 cm³/mol. The van der Waals surface area contributed by atoms with Gasteiger partial charge in [0.2, 0.25) is 0 Å². The molecule has 0 atom stereocenters. The third-order valence-electron chi connectivity index (χ3n) is 2.83. The van der Waals surface area contributed by atoms with Crippen molar-refractivity contribution in [3.63, 3.8) is 0 Å². The Morgan fingerprint density at radius 2 is 1.40 bits per heavy atom. The van der Waals surface area contributed by atoms with Crippen LogP contribution in [-0.2, 0) is 3.07 Å². The summed E-state index contributed by atoms with van der Waals surface area (Å²) in [5.41, 5.74) is 0. The van der Waals surface area contributed by atoms with Gasteiger partial charge in [0.05, 0.1) is 0 Å². The summed E-state index contributed by atoms with van der Waals surface area (Å²) in [5, 5.41) is 0. The molecule has 0 saturated carbocycles. The van der Waals surface area contributed by atoms with E-state index < -0.39 is 18.8 Å². The molecular formula is C13H30OSn. The molecular weight excluding hydrogens is 291 g/mol. The van der Waals surface area contributed by atoms with Gasteiger partial charge in [-0.25, -0.2) is 0 Å². The number of rotatable bonds is 10. The van der Waals surface area contributed by atoms with Gasteiger partial charge in [-0.2, -0.15) is 0 Å². The Kier molecular flexibility index (Phi) is 10.5. The average molecular weight is 321 g/mol. The van der Waals surface area contributed by atoms with E-state index in [2.05, 4.69) is 23.7 Å². The van der Waals surface area contributed by atoms with Gasteiger partial charge in [0.15, 0.2) is 0 Å². The van der Waals surface area contributed by atoms with Crippen molar-refractivity contribution >= 4 is 18.8 Å². The predicted octanol–water partition coefficient (Wildman–Crippen LogP) is 4.98. The molecule has 0 aromatic rings. The third kappa shape index (κ3) is 11.0. The SMILES string of the molecule is CCCCCCC[CH2][Sn]([CH3])([CH3])[O]CCC. The Bertz CT molecular complexity index is 134. The van der Waals surface area contributed by atoms with Crippen LogP contribution in [0.2, 0.25) is 14.3 Å². The first-order valence-electron chi connectivity index (χ1n) is 6.76. The zero-order valence-electron chi connectivity index (χ0n) is 11.3. The molecule has 15 heavy (non-hydrogen) atoms. The van der Waals surface area contributed by atoms with Gasteiger partial charge in [0.25, 0.3) is 0 Å². The maximum atomic E-state index is 6.02. The Balaban J connectivity index is 3.32. The summed E-state index contributed by atoms with van der Waals surface area (Å²) in [6.07, 6.45) is 9.65. The summed E-state index contributed by atoms with van der Waals surface area (Å²) in [5.74, 6) is 0. The minimum absolute atomic E-state index is 0.999. The molecule has 0 spiro atoms. The summed E-state index contributed by atoms with van der Waals surface area (Å²) in [7, 11) is 0. The van der Waals surface area contributed by atoms with Gasteiger partial charge in [-0.05, 0) is 0 Å². The van der Waals surface area contributed by atoms with E-state index in [9.17, 15) is 0 Å². The van der Waals surface area contributed by atoms with Crippen molar-refractivity contribution in [1.29, 1.82) is 0 Å². The van der Waals surface area contributed by atoms with E-state index >= 15 is 0 Å². The van der Waals surface area contributed by atoms with Gasteiger partial charge < -0.3 is 0 Å². The van der Waals surface area contributed by atoms with Crippen LogP contribution in [0.4, 0.5) is 0 Å². The quantitative estimate of drug-likeness (QED) is 0.407. The molecule has 0 unspecified atom stereocenters. The van der Waals surface area contributed by atoms with E-state index in [1.165, 1.54) is 49.4 Å². The fourth-order valence-corrected chi connectivity index (χ4v) is 7.50. The molecule has 0 fully saturated rings. The molecule has 0 bridgehead atoms. The van der Waals surface area contributed by atoms with Crippen LogP contribution in [0.15, 0.2) is 0 Å². The van der Waals surface area contributed by atoms with E-state index in [0.717, 1.165) is 6.61 Å². The van der Waals surface area contributed by atoms with E-state index in [4.69, 9.17) is 3.07 Å². The maximum absolute atomic E-state index is 6.02. The second-order valence-corrected chi connectivity index (χ2v) is 17.4. The molecule has 0 radical (unpaired) electrons. The topological polar surface area (TPSA) is 9.23 Å². The molecule has 0 saturated heterocycles. The first kappa shape index (κ1) is 15.8. The Morgan fingerprint density at radius 1 is 0.800 bits per heavy atom. The van der Waals surface area contributed by atoms with Crippen molar-refractivity contribution in [3.8, 4) is 0 Å². The zero-order valence-corrected chi connectivity index (χ0v) is 14.1. The molecule has 0 aromatic heterocycles. The van der Waals surface area contributed by atoms with Crippen LogP contribution in [0.25, 0.3) is 0 Å². The fraction of sp³-hybridized carbons (Fsp3) is 1.00. The van der Waals surface area contributed by atoms with Crippen LogP contribution in [-0.4, -0.2) is 25.4 Å². The van der Waals surface area contributed by atoms with Gasteiger partial charge in [0, 0.05) is 0 Å². The van der Waals surface area contributed by atoms with E-state index in [1.807, 2.05) is 0 Å².